The molecule has 0 radical (unpaired) electrons. The highest BCUT2D eigenvalue weighted by Gasteiger charge is 2.33. The monoisotopic (exact) mass is 266 g/mol. The molecule has 1 fully saturated rings. The van der Waals surface area contributed by atoms with Gasteiger partial charge in [-0.3, -0.25) is 0 Å². The minimum absolute atomic E-state index is 0.181. The molecule has 106 valence electrons. The maximum absolute atomic E-state index is 13.3. The number of anilines is 1. The van der Waals surface area contributed by atoms with Gasteiger partial charge in [0.2, 0.25) is 0 Å². The summed E-state index contributed by atoms with van der Waals surface area (Å²) in [5.41, 5.74) is 1.15. The quantitative estimate of drug-likeness (QED) is 0.885. The molecule has 1 aliphatic heterocycles. The van der Waals surface area contributed by atoms with Crippen molar-refractivity contribution < 1.29 is 9.13 Å². The summed E-state index contributed by atoms with van der Waals surface area (Å²) in [6, 6.07) is 6.78. The predicted molar refractivity (Wildman–Crippen MR) is 76.1 cm³/mol. The van der Waals surface area contributed by atoms with Crippen LogP contribution >= 0.6 is 0 Å². The summed E-state index contributed by atoms with van der Waals surface area (Å²) in [6.45, 7) is 3.52. The highest BCUT2D eigenvalue weighted by Crippen LogP contribution is 2.32. The van der Waals surface area contributed by atoms with Gasteiger partial charge in [-0.15, -0.1) is 0 Å². The zero-order chi connectivity index (χ0) is 13.7. The van der Waals surface area contributed by atoms with Crippen molar-refractivity contribution in [2.75, 3.05) is 45.3 Å². The summed E-state index contributed by atoms with van der Waals surface area (Å²) >= 11 is 0. The van der Waals surface area contributed by atoms with E-state index in [-0.39, 0.29) is 11.2 Å². The third-order valence-corrected chi connectivity index (χ3v) is 3.93. The van der Waals surface area contributed by atoms with Crippen molar-refractivity contribution in [3.8, 4) is 0 Å². The van der Waals surface area contributed by atoms with Crippen LogP contribution in [0.15, 0.2) is 24.3 Å². The van der Waals surface area contributed by atoms with E-state index in [1.807, 2.05) is 20.2 Å². The molecule has 0 amide bonds. The first-order valence-electron chi connectivity index (χ1n) is 6.84. The molecule has 0 bridgehead atoms. The zero-order valence-electron chi connectivity index (χ0n) is 11.8. The molecule has 4 heteroatoms. The first-order valence-corrected chi connectivity index (χ1v) is 6.84. The summed E-state index contributed by atoms with van der Waals surface area (Å²) in [5.74, 6) is -0.181. The number of nitrogens with zero attached hydrogens (tertiary/aromatic N) is 1. The summed E-state index contributed by atoms with van der Waals surface area (Å²) < 4.78 is 18.8. The van der Waals surface area contributed by atoms with Crippen molar-refractivity contribution in [1.29, 1.82) is 0 Å². The number of ether oxygens (including phenoxy) is 1. The Morgan fingerprint density at radius 3 is 2.74 bits per heavy atom. The first-order chi connectivity index (χ1) is 9.15. The van der Waals surface area contributed by atoms with E-state index >= 15 is 0 Å². The fourth-order valence-electron chi connectivity index (χ4n) is 2.88. The highest BCUT2D eigenvalue weighted by atomic mass is 19.1. The topological polar surface area (TPSA) is 24.5 Å². The lowest BCUT2D eigenvalue weighted by atomic mass is 9.79. The minimum Gasteiger partial charge on any atom is -0.381 e. The Balaban J connectivity index is 2.08. The molecule has 0 unspecified atom stereocenters. The molecule has 1 heterocycles. The molecule has 2 rings (SSSR count). The molecular weight excluding hydrogens is 243 g/mol. The van der Waals surface area contributed by atoms with E-state index in [2.05, 4.69) is 10.2 Å². The second kappa shape index (κ2) is 6.35. The number of nitrogens with one attached hydrogen (secondary N) is 1. The van der Waals surface area contributed by atoms with Crippen molar-refractivity contribution in [3.63, 3.8) is 0 Å². The van der Waals surface area contributed by atoms with E-state index in [0.717, 1.165) is 44.8 Å². The molecule has 1 saturated heterocycles. The minimum atomic E-state index is -0.181. The molecule has 1 N–H and O–H groups in total. The van der Waals surface area contributed by atoms with Crippen LogP contribution in [0.4, 0.5) is 10.1 Å². The van der Waals surface area contributed by atoms with Gasteiger partial charge in [0.25, 0.3) is 0 Å². The highest BCUT2D eigenvalue weighted by molar-refractivity contribution is 5.45. The molecule has 1 aliphatic rings. The van der Waals surface area contributed by atoms with Gasteiger partial charge >= 0.3 is 0 Å². The van der Waals surface area contributed by atoms with Crippen LogP contribution in [0.3, 0.4) is 0 Å². The Bertz CT molecular complexity index is 399. The Kier molecular flexibility index (Phi) is 4.77. The van der Waals surface area contributed by atoms with Gasteiger partial charge in [-0.2, -0.15) is 0 Å². The summed E-state index contributed by atoms with van der Waals surface area (Å²) in [5, 5.41) is 3.29. The Hall–Kier alpha value is -1.13. The Labute approximate surface area is 114 Å². The van der Waals surface area contributed by atoms with Crippen LogP contribution in [0.25, 0.3) is 0 Å². The smallest absolute Gasteiger partial charge is 0.125 e. The van der Waals surface area contributed by atoms with E-state index in [1.54, 1.807) is 12.1 Å². The average Bonchev–Trinajstić information content (AvgIpc) is 2.40. The Morgan fingerprint density at radius 1 is 1.37 bits per heavy atom. The van der Waals surface area contributed by atoms with Crippen molar-refractivity contribution >= 4 is 5.69 Å². The van der Waals surface area contributed by atoms with Gasteiger partial charge < -0.3 is 15.0 Å². The molecule has 1 aromatic carbocycles. The predicted octanol–water partition coefficient (Wildman–Crippen LogP) is 2.28. The molecule has 0 saturated carbocycles. The third-order valence-electron chi connectivity index (χ3n) is 3.93. The van der Waals surface area contributed by atoms with Crippen LogP contribution in [0.1, 0.15) is 12.8 Å². The second-order valence-electron chi connectivity index (χ2n) is 5.48. The molecule has 0 atom stereocenters. The fourth-order valence-corrected chi connectivity index (χ4v) is 2.88. The lowest BCUT2D eigenvalue weighted by molar-refractivity contribution is 0.0197. The number of rotatable bonds is 5. The van der Waals surface area contributed by atoms with E-state index < -0.39 is 0 Å². The largest absolute Gasteiger partial charge is 0.381 e. The van der Waals surface area contributed by atoms with Crippen LogP contribution in [-0.2, 0) is 4.74 Å². The van der Waals surface area contributed by atoms with Gasteiger partial charge in [0.1, 0.15) is 5.82 Å². The van der Waals surface area contributed by atoms with Crippen LogP contribution in [0.5, 0.6) is 0 Å². The molecule has 3 nitrogen and oxygen atoms in total. The van der Waals surface area contributed by atoms with Gasteiger partial charge in [-0.1, -0.05) is 6.07 Å². The molecule has 19 heavy (non-hydrogen) atoms. The standard InChI is InChI=1S/C15H23FN2O/c1-17-11-15(6-8-19-9-7-15)12-18(2)14-5-3-4-13(16)10-14/h3-5,10,17H,6-9,11-12H2,1-2H3. The average molecular weight is 266 g/mol. The van der Waals surface area contributed by atoms with Gasteiger partial charge in [-0.25, -0.2) is 4.39 Å². The normalized spacial score (nSPS) is 18.3. The van der Waals surface area contributed by atoms with Gasteiger partial charge in [0.05, 0.1) is 0 Å². The number of benzene rings is 1. The molecule has 1 aromatic rings. The summed E-state index contributed by atoms with van der Waals surface area (Å²) in [6.07, 6.45) is 2.10. The van der Waals surface area contributed by atoms with E-state index in [1.165, 1.54) is 6.07 Å². The van der Waals surface area contributed by atoms with Gasteiger partial charge in [0.15, 0.2) is 0 Å². The van der Waals surface area contributed by atoms with Crippen molar-refractivity contribution in [2.45, 2.75) is 12.8 Å². The van der Waals surface area contributed by atoms with Crippen LogP contribution in [0, 0.1) is 11.2 Å². The maximum Gasteiger partial charge on any atom is 0.125 e. The molecule has 0 aromatic heterocycles. The van der Waals surface area contributed by atoms with Crippen molar-refractivity contribution in [2.24, 2.45) is 5.41 Å². The zero-order valence-corrected chi connectivity index (χ0v) is 11.8. The van der Waals surface area contributed by atoms with E-state index in [9.17, 15) is 4.39 Å². The van der Waals surface area contributed by atoms with E-state index in [4.69, 9.17) is 4.74 Å². The first kappa shape index (κ1) is 14.3. The van der Waals surface area contributed by atoms with Gasteiger partial charge in [-0.05, 0) is 38.1 Å². The summed E-state index contributed by atoms with van der Waals surface area (Å²) in [7, 11) is 4.01. The third kappa shape index (κ3) is 3.67. The number of hydrogen-bond acceptors (Lipinski definition) is 3. The summed E-state index contributed by atoms with van der Waals surface area (Å²) in [4.78, 5) is 2.14. The Morgan fingerprint density at radius 2 is 2.11 bits per heavy atom. The SMILES string of the molecule is CNCC1(CN(C)c2cccc(F)c2)CCOCC1. The lowest BCUT2D eigenvalue weighted by Crippen LogP contribution is -2.46. The van der Waals surface area contributed by atoms with Crippen molar-refractivity contribution in [1.82, 2.24) is 5.32 Å². The van der Waals surface area contributed by atoms with Crippen LogP contribution in [-0.4, -0.2) is 40.4 Å². The van der Waals surface area contributed by atoms with Crippen LogP contribution in [0.2, 0.25) is 0 Å². The number of halogens is 1. The van der Waals surface area contributed by atoms with Gasteiger partial charge in [0, 0.05) is 44.5 Å². The number of hydrogen-bond donors (Lipinski definition) is 1. The van der Waals surface area contributed by atoms with Crippen LogP contribution < -0.4 is 10.2 Å². The molecule has 0 aliphatic carbocycles. The maximum atomic E-state index is 13.3. The fraction of sp³-hybridized carbons (Fsp3) is 0.600. The van der Waals surface area contributed by atoms with Crippen molar-refractivity contribution in [3.05, 3.63) is 30.1 Å². The van der Waals surface area contributed by atoms with E-state index in [0.29, 0.717) is 0 Å². The second-order valence-corrected chi connectivity index (χ2v) is 5.48. The molecular formula is C15H23FN2O. The molecule has 0 spiro atoms. The lowest BCUT2D eigenvalue weighted by Gasteiger charge is -2.40.